The van der Waals surface area contributed by atoms with Gasteiger partial charge in [0.25, 0.3) is 0 Å². The van der Waals surface area contributed by atoms with Gasteiger partial charge in [-0.1, -0.05) is 0 Å². The molecule has 0 aromatic carbocycles. The Morgan fingerprint density at radius 1 is 1.28 bits per heavy atom. The molecule has 0 aliphatic carbocycles. The summed E-state index contributed by atoms with van der Waals surface area (Å²) in [6.07, 6.45) is 1.71. The first kappa shape index (κ1) is 14.6. The largest absolute Gasteiger partial charge is 0.480 e. The van der Waals surface area contributed by atoms with Gasteiger partial charge in [-0.25, -0.2) is 4.79 Å². The third kappa shape index (κ3) is 5.26. The molecule has 1 heterocycles. The zero-order valence-corrected chi connectivity index (χ0v) is 10.7. The van der Waals surface area contributed by atoms with Crippen LogP contribution in [-0.2, 0) is 9.59 Å². The fraction of sp³-hybridized carbons (Fsp3) is 0.700. The average Bonchev–Trinajstić information content (AvgIpc) is 2.28. The smallest absolute Gasteiger partial charge is 0.323 e. The number of urea groups is 1. The maximum absolute atomic E-state index is 11.8. The zero-order chi connectivity index (χ0) is 13.5. The number of thioether (sulfide) groups is 1. The zero-order valence-electron chi connectivity index (χ0n) is 9.92. The summed E-state index contributed by atoms with van der Waals surface area (Å²) in [6, 6.07) is -0.504. The van der Waals surface area contributed by atoms with E-state index in [9.17, 15) is 14.4 Å². The summed E-state index contributed by atoms with van der Waals surface area (Å²) in [6.45, 7) is -0.921. The highest BCUT2D eigenvalue weighted by Crippen LogP contribution is 2.17. The van der Waals surface area contributed by atoms with Crippen LogP contribution in [0, 0.1) is 0 Å². The average molecular weight is 275 g/mol. The fourth-order valence-electron chi connectivity index (χ4n) is 1.66. The predicted molar refractivity (Wildman–Crippen MR) is 67.3 cm³/mol. The Morgan fingerprint density at radius 3 is 2.39 bits per heavy atom. The molecule has 0 atom stereocenters. The van der Waals surface area contributed by atoms with Gasteiger partial charge in [-0.2, -0.15) is 11.8 Å². The number of carboxylic acid groups (broad SMARTS) is 1. The van der Waals surface area contributed by atoms with Gasteiger partial charge in [0.2, 0.25) is 5.91 Å². The second-order valence-electron chi connectivity index (χ2n) is 4.05. The van der Waals surface area contributed by atoms with Crippen molar-refractivity contribution >= 4 is 29.7 Å². The van der Waals surface area contributed by atoms with Crippen LogP contribution in [0.3, 0.4) is 0 Å². The number of hydrogen-bond donors (Lipinski definition) is 3. The van der Waals surface area contributed by atoms with Gasteiger partial charge in [0.1, 0.15) is 13.1 Å². The van der Waals surface area contributed by atoms with E-state index in [2.05, 4.69) is 5.32 Å². The van der Waals surface area contributed by atoms with Crippen molar-refractivity contribution in [3.05, 3.63) is 0 Å². The summed E-state index contributed by atoms with van der Waals surface area (Å²) in [5.74, 6) is 0.0375. The number of carboxylic acids is 1. The number of nitrogens with one attached hydrogen (secondary N) is 1. The van der Waals surface area contributed by atoms with Crippen LogP contribution in [0.5, 0.6) is 0 Å². The quantitative estimate of drug-likeness (QED) is 0.624. The van der Waals surface area contributed by atoms with E-state index in [1.807, 2.05) is 11.8 Å². The molecule has 0 saturated carbocycles. The number of carbonyl (C=O) groups is 3. The SMILES string of the molecule is NC(=O)CN(CC(=O)O)C(=O)NC1CCSCC1. The van der Waals surface area contributed by atoms with Crippen molar-refractivity contribution < 1.29 is 19.5 Å². The van der Waals surface area contributed by atoms with Gasteiger partial charge in [0.15, 0.2) is 0 Å². The molecule has 0 radical (unpaired) electrons. The van der Waals surface area contributed by atoms with Crippen molar-refractivity contribution in [3.8, 4) is 0 Å². The molecule has 18 heavy (non-hydrogen) atoms. The van der Waals surface area contributed by atoms with Crippen LogP contribution in [0.15, 0.2) is 0 Å². The number of carbonyl (C=O) groups excluding carboxylic acids is 2. The van der Waals surface area contributed by atoms with Gasteiger partial charge in [-0.05, 0) is 24.3 Å². The third-order valence-electron chi connectivity index (χ3n) is 2.51. The molecule has 0 aromatic heterocycles. The Labute approximate surface area is 109 Å². The Morgan fingerprint density at radius 2 is 1.89 bits per heavy atom. The lowest BCUT2D eigenvalue weighted by molar-refractivity contribution is -0.137. The molecule has 1 saturated heterocycles. The molecule has 4 N–H and O–H groups in total. The molecule has 0 aromatic rings. The standard InChI is InChI=1S/C10H17N3O4S/c11-8(14)5-13(6-9(15)16)10(17)12-7-1-3-18-4-2-7/h7H,1-6H2,(H2,11,14)(H,12,17)(H,15,16). The molecule has 1 rings (SSSR count). The van der Waals surface area contributed by atoms with E-state index >= 15 is 0 Å². The van der Waals surface area contributed by atoms with Gasteiger partial charge in [-0.15, -0.1) is 0 Å². The molecular formula is C10H17N3O4S. The van der Waals surface area contributed by atoms with Gasteiger partial charge in [-0.3, -0.25) is 9.59 Å². The number of nitrogens with zero attached hydrogens (tertiary/aromatic N) is 1. The number of aliphatic carboxylic acids is 1. The number of rotatable bonds is 5. The number of primary amides is 1. The molecule has 0 spiro atoms. The molecule has 8 heteroatoms. The van der Waals surface area contributed by atoms with E-state index in [1.54, 1.807) is 0 Å². The van der Waals surface area contributed by atoms with Crippen LogP contribution in [0.2, 0.25) is 0 Å². The topological polar surface area (TPSA) is 113 Å². The molecule has 0 bridgehead atoms. The lowest BCUT2D eigenvalue weighted by atomic mass is 10.1. The number of amides is 3. The summed E-state index contributed by atoms with van der Waals surface area (Å²) >= 11 is 1.82. The Balaban J connectivity index is 2.51. The number of hydrogen-bond acceptors (Lipinski definition) is 4. The van der Waals surface area contributed by atoms with Crippen molar-refractivity contribution in [2.45, 2.75) is 18.9 Å². The van der Waals surface area contributed by atoms with Gasteiger partial charge in [0.05, 0.1) is 0 Å². The van der Waals surface area contributed by atoms with Crippen LogP contribution in [0.1, 0.15) is 12.8 Å². The monoisotopic (exact) mass is 275 g/mol. The van der Waals surface area contributed by atoms with E-state index in [0.717, 1.165) is 29.2 Å². The van der Waals surface area contributed by atoms with Crippen LogP contribution in [0.25, 0.3) is 0 Å². The Bertz CT molecular complexity index is 315. The van der Waals surface area contributed by atoms with E-state index in [1.165, 1.54) is 0 Å². The van der Waals surface area contributed by atoms with Gasteiger partial charge in [0, 0.05) is 6.04 Å². The molecular weight excluding hydrogens is 258 g/mol. The summed E-state index contributed by atoms with van der Waals surface area (Å²) in [7, 11) is 0. The van der Waals surface area contributed by atoms with Crippen molar-refractivity contribution in [2.75, 3.05) is 24.6 Å². The van der Waals surface area contributed by atoms with E-state index in [0.29, 0.717) is 0 Å². The van der Waals surface area contributed by atoms with Gasteiger partial charge >= 0.3 is 12.0 Å². The highest BCUT2D eigenvalue weighted by Gasteiger charge is 2.22. The maximum atomic E-state index is 11.8. The normalized spacial score (nSPS) is 16.0. The maximum Gasteiger partial charge on any atom is 0.323 e. The molecule has 1 fully saturated rings. The van der Waals surface area contributed by atoms with Crippen molar-refractivity contribution in [1.82, 2.24) is 10.2 Å². The first-order chi connectivity index (χ1) is 8.49. The van der Waals surface area contributed by atoms with E-state index in [4.69, 9.17) is 10.8 Å². The molecule has 1 aliphatic rings. The minimum absolute atomic E-state index is 0.0444. The van der Waals surface area contributed by atoms with Crippen molar-refractivity contribution in [3.63, 3.8) is 0 Å². The van der Waals surface area contributed by atoms with Crippen LogP contribution < -0.4 is 11.1 Å². The fourth-order valence-corrected chi connectivity index (χ4v) is 2.77. The van der Waals surface area contributed by atoms with Gasteiger partial charge < -0.3 is 21.1 Å². The molecule has 0 unspecified atom stereocenters. The van der Waals surface area contributed by atoms with Crippen molar-refractivity contribution in [2.24, 2.45) is 5.73 Å². The second-order valence-corrected chi connectivity index (χ2v) is 5.28. The van der Waals surface area contributed by atoms with E-state index < -0.39 is 24.5 Å². The molecule has 102 valence electrons. The third-order valence-corrected chi connectivity index (χ3v) is 3.56. The van der Waals surface area contributed by atoms with E-state index in [-0.39, 0.29) is 12.6 Å². The lowest BCUT2D eigenvalue weighted by Crippen LogP contribution is -2.50. The highest BCUT2D eigenvalue weighted by molar-refractivity contribution is 7.99. The van der Waals surface area contributed by atoms with Crippen LogP contribution in [0.4, 0.5) is 4.79 Å². The first-order valence-corrected chi connectivity index (χ1v) is 6.78. The lowest BCUT2D eigenvalue weighted by Gasteiger charge is -2.26. The summed E-state index contributed by atoms with van der Waals surface area (Å²) in [5.41, 5.74) is 4.98. The summed E-state index contributed by atoms with van der Waals surface area (Å²) in [4.78, 5) is 34.1. The number of nitrogens with two attached hydrogens (primary N) is 1. The van der Waals surface area contributed by atoms with Crippen LogP contribution >= 0.6 is 11.8 Å². The van der Waals surface area contributed by atoms with Crippen LogP contribution in [-0.4, -0.2) is 58.6 Å². The second kappa shape index (κ2) is 7.10. The Kier molecular flexibility index (Phi) is 5.76. The Hall–Kier alpha value is -1.44. The highest BCUT2D eigenvalue weighted by atomic mass is 32.2. The van der Waals surface area contributed by atoms with Crippen molar-refractivity contribution in [1.29, 1.82) is 0 Å². The summed E-state index contributed by atoms with van der Waals surface area (Å²) in [5, 5.41) is 11.4. The predicted octanol–water partition coefficient (Wildman–Crippen LogP) is -0.536. The molecule has 7 nitrogen and oxygen atoms in total. The minimum Gasteiger partial charge on any atom is -0.480 e. The molecule has 1 aliphatic heterocycles. The minimum atomic E-state index is -1.18. The summed E-state index contributed by atoms with van der Waals surface area (Å²) < 4.78 is 0. The first-order valence-electron chi connectivity index (χ1n) is 5.62. The molecule has 3 amide bonds.